The average Bonchev–Trinajstić information content (AvgIpc) is 2.69. The van der Waals surface area contributed by atoms with Crippen LogP contribution in [0.5, 0.6) is 5.75 Å². The molecule has 1 unspecified atom stereocenters. The van der Waals surface area contributed by atoms with Crippen LogP contribution in [0, 0.1) is 22.7 Å². The molecule has 1 aromatic carbocycles. The molecule has 4 heteroatoms. The SMILES string of the molecule is COc1ccccc1CC1CCCN(CCCC2(C#N)CCOCC2)C1. The fourth-order valence-corrected chi connectivity index (χ4v) is 4.52. The molecule has 2 aliphatic rings. The van der Waals surface area contributed by atoms with Crippen LogP contribution in [-0.2, 0) is 11.2 Å². The zero-order chi connectivity index (χ0) is 18.2. The fourth-order valence-electron chi connectivity index (χ4n) is 4.52. The Bertz CT molecular complexity index is 604. The smallest absolute Gasteiger partial charge is 0.122 e. The molecular weight excluding hydrogens is 324 g/mol. The van der Waals surface area contributed by atoms with E-state index in [1.807, 2.05) is 6.07 Å². The average molecular weight is 357 g/mol. The summed E-state index contributed by atoms with van der Waals surface area (Å²) in [5.74, 6) is 1.72. The zero-order valence-electron chi connectivity index (χ0n) is 16.1. The molecule has 2 saturated heterocycles. The van der Waals surface area contributed by atoms with Gasteiger partial charge in [0.25, 0.3) is 0 Å². The summed E-state index contributed by atoms with van der Waals surface area (Å²) in [6.07, 6.45) is 7.61. The Morgan fingerprint density at radius 1 is 1.31 bits per heavy atom. The third-order valence-electron chi connectivity index (χ3n) is 6.12. The van der Waals surface area contributed by atoms with Crippen LogP contribution in [0.15, 0.2) is 24.3 Å². The monoisotopic (exact) mass is 356 g/mol. The first-order chi connectivity index (χ1) is 12.7. The lowest BCUT2D eigenvalue weighted by molar-refractivity contribution is 0.0343. The molecular formula is C22H32N2O2. The summed E-state index contributed by atoms with van der Waals surface area (Å²) in [5, 5.41) is 9.60. The molecule has 3 rings (SSSR count). The van der Waals surface area contributed by atoms with Crippen LogP contribution in [0.2, 0.25) is 0 Å². The summed E-state index contributed by atoms with van der Waals surface area (Å²) >= 11 is 0. The standard InChI is InChI=1S/C22H32N2O2/c1-25-21-8-3-2-7-20(21)16-19-6-4-12-24(17-19)13-5-9-22(18-23)10-14-26-15-11-22/h2-3,7-8,19H,4-6,9-17H2,1H3. The molecule has 2 heterocycles. The van der Waals surface area contributed by atoms with Gasteiger partial charge in [0.2, 0.25) is 0 Å². The highest BCUT2D eigenvalue weighted by molar-refractivity contribution is 5.33. The second kappa shape index (κ2) is 9.39. The van der Waals surface area contributed by atoms with Crippen LogP contribution in [0.1, 0.15) is 44.1 Å². The number of rotatable bonds is 7. The maximum Gasteiger partial charge on any atom is 0.122 e. The van der Waals surface area contributed by atoms with Crippen molar-refractivity contribution in [2.24, 2.45) is 11.3 Å². The van der Waals surface area contributed by atoms with Gasteiger partial charge in [-0.2, -0.15) is 5.26 Å². The molecule has 26 heavy (non-hydrogen) atoms. The maximum absolute atomic E-state index is 9.60. The number of hydrogen-bond donors (Lipinski definition) is 0. The zero-order valence-corrected chi connectivity index (χ0v) is 16.1. The number of piperidine rings is 1. The van der Waals surface area contributed by atoms with E-state index in [0.29, 0.717) is 5.92 Å². The summed E-state index contributed by atoms with van der Waals surface area (Å²) in [4.78, 5) is 2.61. The van der Waals surface area contributed by atoms with Crippen LogP contribution in [0.4, 0.5) is 0 Å². The minimum Gasteiger partial charge on any atom is -0.496 e. The predicted molar refractivity (Wildman–Crippen MR) is 103 cm³/mol. The first kappa shape index (κ1) is 19.2. The Morgan fingerprint density at radius 2 is 2.12 bits per heavy atom. The second-order valence-electron chi connectivity index (χ2n) is 7.93. The Balaban J connectivity index is 1.47. The molecule has 0 aliphatic carbocycles. The molecule has 0 spiro atoms. The van der Waals surface area contributed by atoms with Crippen molar-refractivity contribution in [2.45, 2.75) is 44.9 Å². The van der Waals surface area contributed by atoms with E-state index < -0.39 is 0 Å². The number of nitrogens with zero attached hydrogens (tertiary/aromatic N) is 2. The molecule has 142 valence electrons. The minimum atomic E-state index is -0.134. The van der Waals surface area contributed by atoms with Gasteiger partial charge in [-0.3, -0.25) is 0 Å². The summed E-state index contributed by atoms with van der Waals surface area (Å²) in [5.41, 5.74) is 1.19. The molecule has 0 radical (unpaired) electrons. The molecule has 0 bridgehead atoms. The van der Waals surface area contributed by atoms with E-state index in [1.54, 1.807) is 7.11 Å². The Labute approximate surface area is 158 Å². The van der Waals surface area contributed by atoms with Crippen LogP contribution in [0.25, 0.3) is 0 Å². The highest BCUT2D eigenvalue weighted by atomic mass is 16.5. The van der Waals surface area contributed by atoms with Gasteiger partial charge >= 0.3 is 0 Å². The molecule has 0 N–H and O–H groups in total. The minimum absolute atomic E-state index is 0.134. The topological polar surface area (TPSA) is 45.5 Å². The van der Waals surface area contributed by atoms with Crippen molar-refractivity contribution in [1.82, 2.24) is 4.90 Å². The van der Waals surface area contributed by atoms with Crippen LogP contribution >= 0.6 is 0 Å². The van der Waals surface area contributed by atoms with Crippen molar-refractivity contribution >= 4 is 0 Å². The van der Waals surface area contributed by atoms with Crippen molar-refractivity contribution in [2.75, 3.05) is 40.0 Å². The van der Waals surface area contributed by atoms with Gasteiger partial charge < -0.3 is 14.4 Å². The van der Waals surface area contributed by atoms with Gasteiger partial charge in [-0.25, -0.2) is 0 Å². The second-order valence-corrected chi connectivity index (χ2v) is 7.93. The lowest BCUT2D eigenvalue weighted by Gasteiger charge is -2.35. The van der Waals surface area contributed by atoms with Crippen molar-refractivity contribution < 1.29 is 9.47 Å². The number of likely N-dealkylation sites (tertiary alicyclic amines) is 1. The normalized spacial score (nSPS) is 23.3. The van der Waals surface area contributed by atoms with Crippen molar-refractivity contribution in [3.8, 4) is 11.8 Å². The summed E-state index contributed by atoms with van der Waals surface area (Å²) in [7, 11) is 1.76. The molecule has 0 aromatic heterocycles. The van der Waals surface area contributed by atoms with E-state index in [1.165, 1.54) is 31.5 Å². The van der Waals surface area contributed by atoms with Crippen molar-refractivity contribution in [3.05, 3.63) is 29.8 Å². The molecule has 0 saturated carbocycles. The summed E-state index contributed by atoms with van der Waals surface area (Å²) < 4.78 is 11.0. The van der Waals surface area contributed by atoms with Crippen LogP contribution < -0.4 is 4.74 Å². The molecule has 1 aromatic rings. The van der Waals surface area contributed by atoms with Gasteiger partial charge in [0.05, 0.1) is 18.6 Å². The van der Waals surface area contributed by atoms with Crippen molar-refractivity contribution in [3.63, 3.8) is 0 Å². The molecule has 2 fully saturated rings. The quantitative estimate of drug-likeness (QED) is 0.739. The highest BCUT2D eigenvalue weighted by Gasteiger charge is 2.32. The van der Waals surface area contributed by atoms with Gasteiger partial charge in [-0.05, 0) is 75.6 Å². The first-order valence-electron chi connectivity index (χ1n) is 10.1. The number of nitriles is 1. The highest BCUT2D eigenvalue weighted by Crippen LogP contribution is 2.35. The first-order valence-corrected chi connectivity index (χ1v) is 10.1. The Hall–Kier alpha value is -1.57. The van der Waals surface area contributed by atoms with E-state index in [0.717, 1.165) is 57.6 Å². The Kier molecular flexibility index (Phi) is 6.93. The van der Waals surface area contributed by atoms with Crippen molar-refractivity contribution in [1.29, 1.82) is 5.26 Å². The van der Waals surface area contributed by atoms with E-state index in [4.69, 9.17) is 9.47 Å². The van der Waals surface area contributed by atoms with E-state index >= 15 is 0 Å². The number of hydrogen-bond acceptors (Lipinski definition) is 4. The molecule has 0 amide bonds. The molecule has 4 nitrogen and oxygen atoms in total. The van der Waals surface area contributed by atoms with Gasteiger partial charge in [0.1, 0.15) is 5.75 Å². The number of methoxy groups -OCH3 is 1. The lowest BCUT2D eigenvalue weighted by atomic mass is 9.78. The largest absolute Gasteiger partial charge is 0.496 e. The predicted octanol–water partition coefficient (Wildman–Crippen LogP) is 4.05. The fraction of sp³-hybridized carbons (Fsp3) is 0.682. The van der Waals surface area contributed by atoms with Crippen LogP contribution in [0.3, 0.4) is 0 Å². The molecule has 2 aliphatic heterocycles. The van der Waals surface area contributed by atoms with Gasteiger partial charge in [-0.15, -0.1) is 0 Å². The lowest BCUT2D eigenvalue weighted by Crippen LogP contribution is -2.37. The van der Waals surface area contributed by atoms with Crippen LogP contribution in [-0.4, -0.2) is 44.9 Å². The molecule has 1 atom stereocenters. The van der Waals surface area contributed by atoms with Gasteiger partial charge in [0, 0.05) is 19.8 Å². The third-order valence-corrected chi connectivity index (χ3v) is 6.12. The third kappa shape index (κ3) is 4.99. The van der Waals surface area contributed by atoms with E-state index in [9.17, 15) is 5.26 Å². The summed E-state index contributed by atoms with van der Waals surface area (Å²) in [6.45, 7) is 4.98. The van der Waals surface area contributed by atoms with E-state index in [-0.39, 0.29) is 5.41 Å². The van der Waals surface area contributed by atoms with E-state index in [2.05, 4.69) is 29.2 Å². The maximum atomic E-state index is 9.60. The summed E-state index contributed by atoms with van der Waals surface area (Å²) in [6, 6.07) is 11.0. The Morgan fingerprint density at radius 3 is 2.88 bits per heavy atom. The van der Waals surface area contributed by atoms with Gasteiger partial charge in [0.15, 0.2) is 0 Å². The van der Waals surface area contributed by atoms with Gasteiger partial charge in [-0.1, -0.05) is 18.2 Å². The number of para-hydroxylation sites is 1. The number of ether oxygens (including phenoxy) is 2. The number of benzene rings is 1.